The Hall–Kier alpha value is -1.30. The number of aromatic nitrogens is 4. The molecule has 5 nitrogen and oxygen atoms in total. The van der Waals surface area contributed by atoms with E-state index < -0.39 is 0 Å². The van der Waals surface area contributed by atoms with Crippen LogP contribution in [0.2, 0.25) is 0 Å². The van der Waals surface area contributed by atoms with E-state index in [0.717, 1.165) is 31.0 Å². The van der Waals surface area contributed by atoms with Gasteiger partial charge in [0.05, 0.1) is 0 Å². The fraction of sp³-hybridized carbons (Fsp3) is 0.667. The molecule has 0 aliphatic carbocycles. The van der Waals surface area contributed by atoms with E-state index in [2.05, 4.69) is 51.6 Å². The van der Waals surface area contributed by atoms with E-state index in [1.807, 2.05) is 4.52 Å². The normalized spacial score (nSPS) is 19.9. The molecule has 3 rings (SSSR count). The van der Waals surface area contributed by atoms with Crippen LogP contribution in [0.15, 0.2) is 12.4 Å². The molecule has 0 amide bonds. The molecule has 21 heavy (non-hydrogen) atoms. The lowest BCUT2D eigenvalue weighted by molar-refractivity contribution is 0.734. The summed E-state index contributed by atoms with van der Waals surface area (Å²) in [4.78, 5) is 11.3. The van der Waals surface area contributed by atoms with Gasteiger partial charge in [0.2, 0.25) is 0 Å². The van der Waals surface area contributed by atoms with Crippen LogP contribution in [0.25, 0.3) is 5.78 Å². The zero-order valence-electron chi connectivity index (χ0n) is 12.8. The lowest BCUT2D eigenvalue weighted by atomic mass is 10.2. The molecule has 1 aliphatic rings. The van der Waals surface area contributed by atoms with Gasteiger partial charge in [-0.15, -0.1) is 0 Å². The molecule has 0 saturated carbocycles. The minimum atomic E-state index is 0.716. The number of anilines is 1. The van der Waals surface area contributed by atoms with Crippen molar-refractivity contribution >= 4 is 23.4 Å². The molecule has 2 aromatic rings. The van der Waals surface area contributed by atoms with Crippen molar-refractivity contribution < 1.29 is 0 Å². The van der Waals surface area contributed by atoms with Gasteiger partial charge in [-0.05, 0) is 25.0 Å². The predicted octanol–water partition coefficient (Wildman–Crippen LogP) is 2.80. The highest BCUT2D eigenvalue weighted by molar-refractivity contribution is 7.99. The average Bonchev–Trinajstić information content (AvgIpc) is 2.85. The van der Waals surface area contributed by atoms with Gasteiger partial charge in [0.1, 0.15) is 12.1 Å². The van der Waals surface area contributed by atoms with Gasteiger partial charge in [-0.1, -0.05) is 20.3 Å². The van der Waals surface area contributed by atoms with Crippen molar-refractivity contribution in [3.8, 4) is 0 Å². The zero-order valence-corrected chi connectivity index (χ0v) is 13.6. The Morgan fingerprint density at radius 2 is 2.24 bits per heavy atom. The standard InChI is InChI=1S/C15H23N5S/c1-3-12-9-14(20-15(18-12)16-11-17-20)19-8-6-5-7-13(10-19)21-4-2/h9,11,13H,3-8,10H2,1-2H3. The molecule has 1 fully saturated rings. The molecule has 6 heteroatoms. The van der Waals surface area contributed by atoms with Crippen LogP contribution in [0.4, 0.5) is 5.82 Å². The van der Waals surface area contributed by atoms with Gasteiger partial charge < -0.3 is 4.90 Å². The Balaban J connectivity index is 1.95. The van der Waals surface area contributed by atoms with Crippen LogP contribution in [0, 0.1) is 0 Å². The number of rotatable bonds is 4. The third kappa shape index (κ3) is 3.15. The molecule has 1 saturated heterocycles. The Bertz CT molecular complexity index is 597. The topological polar surface area (TPSA) is 46.3 Å². The lowest BCUT2D eigenvalue weighted by Gasteiger charge is -2.26. The Kier molecular flexibility index (Phi) is 4.63. The first kappa shape index (κ1) is 14.6. The van der Waals surface area contributed by atoms with Crippen LogP contribution >= 0.6 is 11.8 Å². The van der Waals surface area contributed by atoms with Crippen molar-refractivity contribution in [1.29, 1.82) is 0 Å². The van der Waals surface area contributed by atoms with E-state index >= 15 is 0 Å². The Morgan fingerprint density at radius 1 is 1.33 bits per heavy atom. The van der Waals surface area contributed by atoms with Crippen LogP contribution < -0.4 is 4.90 Å². The second kappa shape index (κ2) is 6.64. The molecule has 0 N–H and O–H groups in total. The summed E-state index contributed by atoms with van der Waals surface area (Å²) in [5, 5.41) is 5.08. The molecule has 0 spiro atoms. The van der Waals surface area contributed by atoms with E-state index in [9.17, 15) is 0 Å². The number of thioether (sulfide) groups is 1. The molecule has 114 valence electrons. The number of nitrogens with zero attached hydrogens (tertiary/aromatic N) is 5. The van der Waals surface area contributed by atoms with Crippen LogP contribution in [-0.2, 0) is 6.42 Å². The number of aryl methyl sites for hydroxylation is 1. The van der Waals surface area contributed by atoms with Gasteiger partial charge in [-0.25, -0.2) is 4.98 Å². The van der Waals surface area contributed by atoms with Crippen molar-refractivity contribution in [1.82, 2.24) is 19.6 Å². The fourth-order valence-electron chi connectivity index (χ4n) is 2.93. The van der Waals surface area contributed by atoms with E-state index in [1.165, 1.54) is 25.0 Å². The summed E-state index contributed by atoms with van der Waals surface area (Å²) in [6, 6.07) is 2.18. The maximum absolute atomic E-state index is 4.55. The van der Waals surface area contributed by atoms with Gasteiger partial charge in [0.15, 0.2) is 0 Å². The SMILES string of the molecule is CCSC1CCCCN(c2cc(CC)nc3ncnn23)C1. The van der Waals surface area contributed by atoms with Crippen LogP contribution in [0.1, 0.15) is 38.8 Å². The van der Waals surface area contributed by atoms with Crippen molar-refractivity contribution in [3.63, 3.8) is 0 Å². The highest BCUT2D eigenvalue weighted by Gasteiger charge is 2.21. The summed E-state index contributed by atoms with van der Waals surface area (Å²) >= 11 is 2.08. The van der Waals surface area contributed by atoms with Gasteiger partial charge in [-0.2, -0.15) is 26.4 Å². The van der Waals surface area contributed by atoms with Crippen LogP contribution in [0.3, 0.4) is 0 Å². The molecule has 1 atom stereocenters. The maximum Gasteiger partial charge on any atom is 0.254 e. The second-order valence-corrected chi connectivity index (χ2v) is 7.03. The molecule has 0 radical (unpaired) electrons. The molecular weight excluding hydrogens is 282 g/mol. The Labute approximate surface area is 130 Å². The first-order chi connectivity index (χ1) is 10.3. The third-order valence-electron chi connectivity index (χ3n) is 4.00. The molecule has 3 heterocycles. The monoisotopic (exact) mass is 305 g/mol. The number of hydrogen-bond donors (Lipinski definition) is 0. The number of hydrogen-bond acceptors (Lipinski definition) is 5. The van der Waals surface area contributed by atoms with Crippen LogP contribution in [-0.4, -0.2) is 43.7 Å². The molecular formula is C15H23N5S. The van der Waals surface area contributed by atoms with Crippen molar-refractivity contribution in [3.05, 3.63) is 18.1 Å². The first-order valence-corrected chi connectivity index (χ1v) is 8.93. The smallest absolute Gasteiger partial charge is 0.254 e. The molecule has 0 bridgehead atoms. The van der Waals surface area contributed by atoms with E-state index in [0.29, 0.717) is 11.0 Å². The first-order valence-electron chi connectivity index (χ1n) is 7.88. The molecule has 2 aromatic heterocycles. The minimum absolute atomic E-state index is 0.716. The van der Waals surface area contributed by atoms with Crippen molar-refractivity contribution in [2.24, 2.45) is 0 Å². The summed E-state index contributed by atoms with van der Waals surface area (Å²) in [6.07, 6.45) is 6.42. The predicted molar refractivity (Wildman–Crippen MR) is 88.1 cm³/mol. The quantitative estimate of drug-likeness (QED) is 0.869. The molecule has 0 aromatic carbocycles. The van der Waals surface area contributed by atoms with E-state index in [1.54, 1.807) is 6.33 Å². The highest BCUT2D eigenvalue weighted by Crippen LogP contribution is 2.26. The summed E-state index contributed by atoms with van der Waals surface area (Å²) in [5.74, 6) is 3.06. The second-order valence-electron chi connectivity index (χ2n) is 5.45. The van der Waals surface area contributed by atoms with Crippen molar-refractivity contribution in [2.45, 2.75) is 44.8 Å². The van der Waals surface area contributed by atoms with E-state index in [-0.39, 0.29) is 0 Å². The Morgan fingerprint density at radius 3 is 3.05 bits per heavy atom. The summed E-state index contributed by atoms with van der Waals surface area (Å²) in [7, 11) is 0. The van der Waals surface area contributed by atoms with Gasteiger partial charge in [0.25, 0.3) is 5.78 Å². The number of fused-ring (bicyclic) bond motifs is 1. The third-order valence-corrected chi connectivity index (χ3v) is 5.19. The van der Waals surface area contributed by atoms with E-state index in [4.69, 9.17) is 0 Å². The highest BCUT2D eigenvalue weighted by atomic mass is 32.2. The maximum atomic E-state index is 4.55. The van der Waals surface area contributed by atoms with Crippen LogP contribution in [0.5, 0.6) is 0 Å². The molecule has 1 aliphatic heterocycles. The largest absolute Gasteiger partial charge is 0.355 e. The summed E-state index contributed by atoms with van der Waals surface area (Å²) in [6.45, 7) is 6.58. The average molecular weight is 305 g/mol. The summed E-state index contributed by atoms with van der Waals surface area (Å²) < 4.78 is 1.89. The van der Waals surface area contributed by atoms with Gasteiger partial charge in [-0.3, -0.25) is 0 Å². The zero-order chi connectivity index (χ0) is 14.7. The molecule has 1 unspecified atom stereocenters. The van der Waals surface area contributed by atoms with Gasteiger partial charge in [0, 0.05) is 30.1 Å². The fourth-order valence-corrected chi connectivity index (χ4v) is 4.02. The minimum Gasteiger partial charge on any atom is -0.355 e. The summed E-state index contributed by atoms with van der Waals surface area (Å²) in [5.41, 5.74) is 1.09. The van der Waals surface area contributed by atoms with Crippen molar-refractivity contribution in [2.75, 3.05) is 23.7 Å². The van der Waals surface area contributed by atoms with Gasteiger partial charge >= 0.3 is 0 Å². The lowest BCUT2D eigenvalue weighted by Crippen LogP contribution is -2.31.